The maximum absolute atomic E-state index is 12.2. The zero-order chi connectivity index (χ0) is 13.1. The van der Waals surface area contributed by atoms with E-state index < -0.39 is 0 Å². The number of nitrogens with one attached hydrogen (secondary N) is 1. The van der Waals surface area contributed by atoms with Crippen LogP contribution in [0.5, 0.6) is 0 Å². The highest BCUT2D eigenvalue weighted by Gasteiger charge is 2.27. The Balaban J connectivity index is 0.00000180. The first kappa shape index (κ1) is 16.5. The minimum atomic E-state index is 0. The van der Waals surface area contributed by atoms with Crippen LogP contribution in [0.2, 0.25) is 0 Å². The van der Waals surface area contributed by atoms with Crippen LogP contribution in [0.4, 0.5) is 0 Å². The van der Waals surface area contributed by atoms with Gasteiger partial charge in [0.25, 0.3) is 5.91 Å². The fraction of sp³-hybridized carbons (Fsp3) is 0.500. The highest BCUT2D eigenvalue weighted by atomic mass is 79.9. The molecule has 1 fully saturated rings. The normalized spacial score (nSPS) is 21.8. The second-order valence-electron chi connectivity index (χ2n) is 4.97. The van der Waals surface area contributed by atoms with Gasteiger partial charge in [0.15, 0.2) is 0 Å². The third kappa shape index (κ3) is 3.94. The molecule has 0 radical (unpaired) electrons. The molecule has 0 heterocycles. The Labute approximate surface area is 128 Å². The minimum absolute atomic E-state index is 0. The molecule has 1 aliphatic carbocycles. The third-order valence-corrected chi connectivity index (χ3v) is 4.57. The SMILES string of the molecule is Cc1ccc(C(=O)NC2CCCC2CN)cc1Br.Cl. The Morgan fingerprint density at radius 2 is 2.21 bits per heavy atom. The summed E-state index contributed by atoms with van der Waals surface area (Å²) < 4.78 is 0.969. The molecule has 1 saturated carbocycles. The summed E-state index contributed by atoms with van der Waals surface area (Å²) in [5.41, 5.74) is 7.56. The van der Waals surface area contributed by atoms with Crippen molar-refractivity contribution in [2.24, 2.45) is 11.7 Å². The summed E-state index contributed by atoms with van der Waals surface area (Å²) in [6, 6.07) is 5.93. The van der Waals surface area contributed by atoms with E-state index >= 15 is 0 Å². The lowest BCUT2D eigenvalue weighted by Crippen LogP contribution is -2.39. The van der Waals surface area contributed by atoms with Crippen molar-refractivity contribution in [2.75, 3.05) is 6.54 Å². The first-order valence-electron chi connectivity index (χ1n) is 6.39. The highest BCUT2D eigenvalue weighted by Crippen LogP contribution is 2.25. The van der Waals surface area contributed by atoms with Crippen molar-refractivity contribution < 1.29 is 4.79 Å². The summed E-state index contributed by atoms with van der Waals surface area (Å²) in [4.78, 5) is 12.2. The van der Waals surface area contributed by atoms with Gasteiger partial charge in [-0.05, 0) is 49.9 Å². The molecule has 0 saturated heterocycles. The fourth-order valence-corrected chi connectivity index (χ4v) is 2.87. The third-order valence-electron chi connectivity index (χ3n) is 3.71. The van der Waals surface area contributed by atoms with E-state index in [2.05, 4.69) is 21.2 Å². The van der Waals surface area contributed by atoms with Gasteiger partial charge >= 0.3 is 0 Å². The number of carbonyl (C=O) groups excluding carboxylic acids is 1. The zero-order valence-electron chi connectivity index (χ0n) is 11.0. The first-order valence-corrected chi connectivity index (χ1v) is 7.18. The van der Waals surface area contributed by atoms with E-state index in [1.807, 2.05) is 25.1 Å². The Hall–Kier alpha value is -0.580. The molecule has 0 bridgehead atoms. The van der Waals surface area contributed by atoms with E-state index in [4.69, 9.17) is 5.73 Å². The second kappa shape index (κ2) is 7.27. The molecule has 0 aromatic heterocycles. The van der Waals surface area contributed by atoms with Gasteiger partial charge in [-0.1, -0.05) is 28.4 Å². The number of benzene rings is 1. The van der Waals surface area contributed by atoms with E-state index in [1.165, 1.54) is 0 Å². The van der Waals surface area contributed by atoms with E-state index in [0.717, 1.165) is 29.3 Å². The fourth-order valence-electron chi connectivity index (χ4n) is 2.49. The Morgan fingerprint density at radius 1 is 1.47 bits per heavy atom. The lowest BCUT2D eigenvalue weighted by Gasteiger charge is -2.19. The van der Waals surface area contributed by atoms with Gasteiger partial charge in [-0.3, -0.25) is 4.79 Å². The second-order valence-corrected chi connectivity index (χ2v) is 5.82. The average Bonchev–Trinajstić information content (AvgIpc) is 2.79. The molecule has 2 unspecified atom stereocenters. The van der Waals surface area contributed by atoms with E-state index in [-0.39, 0.29) is 24.4 Å². The van der Waals surface area contributed by atoms with Crippen molar-refractivity contribution in [3.63, 3.8) is 0 Å². The van der Waals surface area contributed by atoms with Crippen LogP contribution in [0.1, 0.15) is 35.2 Å². The molecule has 1 amide bonds. The number of aryl methyl sites for hydroxylation is 1. The maximum Gasteiger partial charge on any atom is 0.251 e. The number of halogens is 2. The lowest BCUT2D eigenvalue weighted by molar-refractivity contribution is 0.0928. The molecule has 0 spiro atoms. The summed E-state index contributed by atoms with van der Waals surface area (Å²) in [5, 5.41) is 3.10. The minimum Gasteiger partial charge on any atom is -0.349 e. The molecular weight excluding hydrogens is 328 g/mol. The van der Waals surface area contributed by atoms with Crippen LogP contribution in [0.25, 0.3) is 0 Å². The molecular formula is C14H20BrClN2O. The van der Waals surface area contributed by atoms with Gasteiger partial charge in [-0.15, -0.1) is 12.4 Å². The first-order chi connectivity index (χ1) is 8.61. The summed E-state index contributed by atoms with van der Waals surface area (Å²) in [5.74, 6) is 0.434. The van der Waals surface area contributed by atoms with Crippen molar-refractivity contribution in [3.05, 3.63) is 33.8 Å². The van der Waals surface area contributed by atoms with Crippen LogP contribution in [-0.4, -0.2) is 18.5 Å². The number of hydrogen-bond acceptors (Lipinski definition) is 2. The molecule has 19 heavy (non-hydrogen) atoms. The number of nitrogens with two attached hydrogens (primary N) is 1. The monoisotopic (exact) mass is 346 g/mol. The molecule has 1 aromatic rings. The standard InChI is InChI=1S/C14H19BrN2O.ClH/c1-9-5-6-10(7-12(9)15)14(18)17-13-4-2-3-11(13)8-16;/h5-7,11,13H,2-4,8,16H2,1H3,(H,17,18);1H. The van der Waals surface area contributed by atoms with E-state index in [1.54, 1.807) is 0 Å². The van der Waals surface area contributed by atoms with Crippen molar-refractivity contribution in [1.82, 2.24) is 5.32 Å². The average molecular weight is 348 g/mol. The van der Waals surface area contributed by atoms with Crippen LogP contribution < -0.4 is 11.1 Å². The topological polar surface area (TPSA) is 55.1 Å². The molecule has 1 aliphatic rings. The van der Waals surface area contributed by atoms with Crippen molar-refractivity contribution in [1.29, 1.82) is 0 Å². The molecule has 5 heteroatoms. The summed E-state index contributed by atoms with van der Waals surface area (Å²) >= 11 is 3.45. The van der Waals surface area contributed by atoms with Gasteiger partial charge in [0, 0.05) is 16.1 Å². The van der Waals surface area contributed by atoms with Gasteiger partial charge < -0.3 is 11.1 Å². The Kier molecular flexibility index (Phi) is 6.30. The molecule has 106 valence electrons. The summed E-state index contributed by atoms with van der Waals surface area (Å²) in [6.45, 7) is 2.66. The number of amides is 1. The Bertz CT molecular complexity index is 453. The van der Waals surface area contributed by atoms with Gasteiger partial charge in [-0.2, -0.15) is 0 Å². The quantitative estimate of drug-likeness (QED) is 0.883. The predicted octanol–water partition coefficient (Wildman–Crippen LogP) is 3.04. The van der Waals surface area contributed by atoms with Crippen LogP contribution in [0, 0.1) is 12.8 Å². The molecule has 2 rings (SSSR count). The zero-order valence-corrected chi connectivity index (χ0v) is 13.4. The van der Waals surface area contributed by atoms with Crippen LogP contribution in [0.15, 0.2) is 22.7 Å². The molecule has 2 atom stereocenters. The molecule has 3 nitrogen and oxygen atoms in total. The molecule has 1 aromatic carbocycles. The van der Waals surface area contributed by atoms with E-state index in [9.17, 15) is 4.79 Å². The van der Waals surface area contributed by atoms with Gasteiger partial charge in [-0.25, -0.2) is 0 Å². The largest absolute Gasteiger partial charge is 0.349 e. The highest BCUT2D eigenvalue weighted by molar-refractivity contribution is 9.10. The number of carbonyl (C=O) groups is 1. The maximum atomic E-state index is 12.2. The lowest BCUT2D eigenvalue weighted by atomic mass is 10.0. The summed E-state index contributed by atoms with van der Waals surface area (Å²) in [7, 11) is 0. The number of hydrogen-bond donors (Lipinski definition) is 2. The van der Waals surface area contributed by atoms with Crippen LogP contribution in [-0.2, 0) is 0 Å². The van der Waals surface area contributed by atoms with Crippen molar-refractivity contribution in [3.8, 4) is 0 Å². The number of rotatable bonds is 3. The van der Waals surface area contributed by atoms with Crippen LogP contribution in [0.3, 0.4) is 0 Å². The van der Waals surface area contributed by atoms with Gasteiger partial charge in [0.2, 0.25) is 0 Å². The van der Waals surface area contributed by atoms with Crippen LogP contribution >= 0.6 is 28.3 Å². The smallest absolute Gasteiger partial charge is 0.251 e. The molecule has 3 N–H and O–H groups in total. The van der Waals surface area contributed by atoms with Crippen molar-refractivity contribution >= 4 is 34.2 Å². The van der Waals surface area contributed by atoms with Gasteiger partial charge in [0.05, 0.1) is 0 Å². The Morgan fingerprint density at radius 3 is 2.84 bits per heavy atom. The molecule has 0 aliphatic heterocycles. The van der Waals surface area contributed by atoms with E-state index in [0.29, 0.717) is 18.0 Å². The summed E-state index contributed by atoms with van der Waals surface area (Å²) in [6.07, 6.45) is 3.32. The van der Waals surface area contributed by atoms with Crippen molar-refractivity contribution in [2.45, 2.75) is 32.2 Å². The predicted molar refractivity (Wildman–Crippen MR) is 83.8 cm³/mol. The van der Waals surface area contributed by atoms with Gasteiger partial charge in [0.1, 0.15) is 0 Å².